The van der Waals surface area contributed by atoms with Crippen LogP contribution in [0.3, 0.4) is 0 Å². The van der Waals surface area contributed by atoms with E-state index >= 15 is 0 Å². The summed E-state index contributed by atoms with van der Waals surface area (Å²) in [5.74, 6) is 0.587. The number of hydrogen-bond donors (Lipinski definition) is 1. The number of benzene rings is 1. The second kappa shape index (κ2) is 5.68. The molecule has 1 N–H and O–H groups in total. The van der Waals surface area contributed by atoms with Crippen molar-refractivity contribution in [1.82, 2.24) is 5.32 Å². The molecule has 3 heteroatoms. The summed E-state index contributed by atoms with van der Waals surface area (Å²) >= 11 is 3.71. The van der Waals surface area contributed by atoms with Crippen LogP contribution in [0.2, 0.25) is 0 Å². The summed E-state index contributed by atoms with van der Waals surface area (Å²) in [5.41, 5.74) is 2.74. The Morgan fingerprint density at radius 2 is 1.65 bits per heavy atom. The van der Waals surface area contributed by atoms with Gasteiger partial charge in [0.25, 0.3) is 0 Å². The lowest BCUT2D eigenvalue weighted by molar-refractivity contribution is 0.703. The molecule has 0 fully saturated rings. The first kappa shape index (κ1) is 13.8. The van der Waals surface area contributed by atoms with Gasteiger partial charge in [0.05, 0.1) is 6.04 Å². The third-order valence-electron chi connectivity index (χ3n) is 3.67. The molecule has 0 bridgehead atoms. The Kier molecular flexibility index (Phi) is 3.92. The Bertz CT molecular complexity index is 663. The van der Waals surface area contributed by atoms with E-state index in [1.807, 2.05) is 29.7 Å². The average Bonchev–Trinajstić information content (AvgIpc) is 3.01. The smallest absolute Gasteiger partial charge is 0.0669 e. The molecule has 2 aromatic heterocycles. The van der Waals surface area contributed by atoms with Gasteiger partial charge in [0, 0.05) is 14.3 Å². The van der Waals surface area contributed by atoms with Gasteiger partial charge in [0.15, 0.2) is 0 Å². The Morgan fingerprint density at radius 1 is 0.950 bits per heavy atom. The van der Waals surface area contributed by atoms with Crippen LogP contribution in [-0.4, -0.2) is 7.05 Å². The SMILES string of the molecule is CNC(c1ccc(C(C)C)cc1)c1cc2sccc2s1. The highest BCUT2D eigenvalue weighted by atomic mass is 32.1. The average molecular weight is 301 g/mol. The van der Waals surface area contributed by atoms with E-state index in [9.17, 15) is 0 Å². The molecule has 0 spiro atoms. The molecule has 1 unspecified atom stereocenters. The van der Waals surface area contributed by atoms with Crippen molar-refractivity contribution in [2.45, 2.75) is 25.8 Å². The monoisotopic (exact) mass is 301 g/mol. The summed E-state index contributed by atoms with van der Waals surface area (Å²) in [7, 11) is 2.04. The third-order valence-corrected chi connectivity index (χ3v) is 5.83. The largest absolute Gasteiger partial charge is 0.309 e. The van der Waals surface area contributed by atoms with Crippen LogP contribution >= 0.6 is 22.7 Å². The predicted octanol–water partition coefficient (Wildman–Crippen LogP) is 5.40. The van der Waals surface area contributed by atoms with Gasteiger partial charge >= 0.3 is 0 Å². The van der Waals surface area contributed by atoms with E-state index in [2.05, 4.69) is 60.9 Å². The maximum Gasteiger partial charge on any atom is 0.0669 e. The fourth-order valence-corrected chi connectivity index (χ4v) is 4.73. The van der Waals surface area contributed by atoms with Crippen molar-refractivity contribution in [3.63, 3.8) is 0 Å². The zero-order chi connectivity index (χ0) is 14.1. The van der Waals surface area contributed by atoms with E-state index in [0.717, 1.165) is 0 Å². The molecule has 1 aromatic carbocycles. The van der Waals surface area contributed by atoms with Crippen molar-refractivity contribution in [2.24, 2.45) is 0 Å². The molecule has 3 aromatic rings. The summed E-state index contributed by atoms with van der Waals surface area (Å²) in [6.45, 7) is 4.47. The highest BCUT2D eigenvalue weighted by molar-refractivity contribution is 7.27. The van der Waals surface area contributed by atoms with E-state index in [1.165, 1.54) is 25.4 Å². The Labute approximate surface area is 128 Å². The molecule has 104 valence electrons. The molecular formula is C17H19NS2. The van der Waals surface area contributed by atoms with Gasteiger partial charge in [-0.3, -0.25) is 0 Å². The summed E-state index contributed by atoms with van der Waals surface area (Å²) in [6.07, 6.45) is 0. The van der Waals surface area contributed by atoms with Gasteiger partial charge in [-0.15, -0.1) is 22.7 Å². The minimum atomic E-state index is 0.292. The van der Waals surface area contributed by atoms with Crippen LogP contribution in [0.5, 0.6) is 0 Å². The fourth-order valence-electron chi connectivity index (χ4n) is 2.47. The van der Waals surface area contributed by atoms with Crippen molar-refractivity contribution in [2.75, 3.05) is 7.05 Å². The number of fused-ring (bicyclic) bond motifs is 1. The minimum Gasteiger partial charge on any atom is -0.309 e. The van der Waals surface area contributed by atoms with E-state index in [4.69, 9.17) is 0 Å². The van der Waals surface area contributed by atoms with Crippen LogP contribution in [0.4, 0.5) is 0 Å². The summed E-state index contributed by atoms with van der Waals surface area (Å²) in [6, 6.07) is 13.8. The lowest BCUT2D eigenvalue weighted by Crippen LogP contribution is -2.16. The molecular weight excluding hydrogens is 282 g/mol. The number of hydrogen-bond acceptors (Lipinski definition) is 3. The Morgan fingerprint density at radius 3 is 2.25 bits per heavy atom. The number of nitrogens with one attached hydrogen (secondary N) is 1. The van der Waals surface area contributed by atoms with Crippen molar-refractivity contribution in [1.29, 1.82) is 0 Å². The summed E-state index contributed by atoms with van der Waals surface area (Å²) in [4.78, 5) is 1.40. The van der Waals surface area contributed by atoms with Gasteiger partial charge < -0.3 is 5.32 Å². The van der Waals surface area contributed by atoms with E-state index in [1.54, 1.807) is 0 Å². The van der Waals surface area contributed by atoms with Gasteiger partial charge in [-0.1, -0.05) is 38.1 Å². The lowest BCUT2D eigenvalue weighted by atomic mass is 9.98. The molecule has 0 saturated carbocycles. The molecule has 1 nitrogen and oxygen atoms in total. The molecule has 0 aliphatic heterocycles. The Balaban J connectivity index is 1.94. The van der Waals surface area contributed by atoms with Gasteiger partial charge in [-0.05, 0) is 41.6 Å². The summed E-state index contributed by atoms with van der Waals surface area (Å²) < 4.78 is 2.79. The van der Waals surface area contributed by atoms with Crippen LogP contribution < -0.4 is 5.32 Å². The van der Waals surface area contributed by atoms with E-state index < -0.39 is 0 Å². The molecule has 0 aliphatic rings. The zero-order valence-corrected chi connectivity index (χ0v) is 13.6. The minimum absolute atomic E-state index is 0.292. The second-order valence-corrected chi connectivity index (χ2v) is 7.40. The maximum absolute atomic E-state index is 3.45. The number of rotatable bonds is 4. The van der Waals surface area contributed by atoms with Crippen molar-refractivity contribution in [3.05, 3.63) is 57.8 Å². The molecule has 3 rings (SSSR count). The van der Waals surface area contributed by atoms with Gasteiger partial charge in [0.2, 0.25) is 0 Å². The van der Waals surface area contributed by atoms with Gasteiger partial charge in [-0.25, -0.2) is 0 Å². The predicted molar refractivity (Wildman–Crippen MR) is 91.1 cm³/mol. The van der Waals surface area contributed by atoms with Crippen LogP contribution in [0.25, 0.3) is 9.40 Å². The molecule has 0 saturated heterocycles. The van der Waals surface area contributed by atoms with Crippen LogP contribution in [-0.2, 0) is 0 Å². The van der Waals surface area contributed by atoms with Crippen LogP contribution in [0.1, 0.15) is 41.8 Å². The lowest BCUT2D eigenvalue weighted by Gasteiger charge is -2.16. The number of thiophene rings is 2. The fraction of sp³-hybridized carbons (Fsp3) is 0.294. The van der Waals surface area contributed by atoms with Crippen molar-refractivity contribution >= 4 is 32.1 Å². The first-order valence-corrected chi connectivity index (χ1v) is 8.62. The molecule has 0 amide bonds. The third kappa shape index (κ3) is 2.53. The van der Waals surface area contributed by atoms with Gasteiger partial charge in [-0.2, -0.15) is 0 Å². The highest BCUT2D eigenvalue weighted by Gasteiger charge is 2.15. The van der Waals surface area contributed by atoms with Crippen LogP contribution in [0, 0.1) is 0 Å². The molecule has 0 aliphatic carbocycles. The topological polar surface area (TPSA) is 12.0 Å². The normalized spacial score (nSPS) is 13.2. The van der Waals surface area contributed by atoms with Crippen molar-refractivity contribution < 1.29 is 0 Å². The molecule has 2 heterocycles. The molecule has 0 radical (unpaired) electrons. The standard InChI is InChI=1S/C17H19NS2/c1-11(2)12-4-6-13(7-5-12)17(18-3)16-10-15-14(20-16)8-9-19-15/h4-11,17-18H,1-3H3. The molecule has 20 heavy (non-hydrogen) atoms. The highest BCUT2D eigenvalue weighted by Crippen LogP contribution is 2.35. The quantitative estimate of drug-likeness (QED) is 0.681. The Hall–Kier alpha value is -1.16. The van der Waals surface area contributed by atoms with Gasteiger partial charge in [0.1, 0.15) is 0 Å². The van der Waals surface area contributed by atoms with Crippen molar-refractivity contribution in [3.8, 4) is 0 Å². The second-order valence-electron chi connectivity index (χ2n) is 5.34. The first-order valence-electron chi connectivity index (χ1n) is 6.93. The van der Waals surface area contributed by atoms with E-state index in [-0.39, 0.29) is 0 Å². The molecule has 1 atom stereocenters. The van der Waals surface area contributed by atoms with E-state index in [0.29, 0.717) is 12.0 Å². The zero-order valence-electron chi connectivity index (χ0n) is 12.0. The maximum atomic E-state index is 3.45. The van der Waals surface area contributed by atoms with Crippen LogP contribution in [0.15, 0.2) is 41.8 Å². The summed E-state index contributed by atoms with van der Waals surface area (Å²) in [5, 5.41) is 5.61. The first-order chi connectivity index (χ1) is 9.69.